The van der Waals surface area contributed by atoms with Crippen LogP contribution in [0.5, 0.6) is 0 Å². The van der Waals surface area contributed by atoms with Crippen LogP contribution in [-0.2, 0) is 14.6 Å². The van der Waals surface area contributed by atoms with Gasteiger partial charge in [0.25, 0.3) is 5.22 Å². The van der Waals surface area contributed by atoms with E-state index in [9.17, 15) is 13.2 Å². The first-order valence-electron chi connectivity index (χ1n) is 8.96. The summed E-state index contributed by atoms with van der Waals surface area (Å²) in [5.41, 5.74) is 1.94. The Morgan fingerprint density at radius 2 is 2.07 bits per heavy atom. The molecule has 1 amide bonds. The van der Waals surface area contributed by atoms with E-state index in [1.165, 1.54) is 11.8 Å². The van der Waals surface area contributed by atoms with Crippen molar-refractivity contribution in [3.63, 3.8) is 0 Å². The number of carbonyl (C=O) groups is 1. The van der Waals surface area contributed by atoms with E-state index in [-0.39, 0.29) is 35.2 Å². The number of sulfone groups is 1. The van der Waals surface area contributed by atoms with Gasteiger partial charge >= 0.3 is 0 Å². The van der Waals surface area contributed by atoms with E-state index in [0.29, 0.717) is 17.5 Å². The number of amides is 1. The van der Waals surface area contributed by atoms with Gasteiger partial charge in [0.15, 0.2) is 9.84 Å². The summed E-state index contributed by atoms with van der Waals surface area (Å²) in [5, 5.41) is 8.41. The minimum absolute atomic E-state index is 0.0556. The van der Waals surface area contributed by atoms with Crippen LogP contribution < -0.4 is 0 Å². The third-order valence-corrected chi connectivity index (χ3v) is 7.37. The second kappa shape index (κ2) is 7.27. The molecule has 1 saturated carbocycles. The lowest BCUT2D eigenvalue weighted by Crippen LogP contribution is -2.43. The maximum Gasteiger partial charge on any atom is 0.277 e. The average molecular weight is 408 g/mol. The Kier molecular flexibility index (Phi) is 4.98. The highest BCUT2D eigenvalue weighted by Crippen LogP contribution is 2.33. The molecule has 9 heteroatoms. The Labute approximate surface area is 162 Å². The van der Waals surface area contributed by atoms with E-state index in [1.807, 2.05) is 31.2 Å². The summed E-state index contributed by atoms with van der Waals surface area (Å²) >= 11 is 1.20. The van der Waals surface area contributed by atoms with Crippen molar-refractivity contribution in [2.45, 2.75) is 43.5 Å². The van der Waals surface area contributed by atoms with Crippen LogP contribution in [0.25, 0.3) is 11.5 Å². The lowest BCUT2D eigenvalue weighted by molar-refractivity contribution is -0.130. The normalized spacial score (nSPS) is 21.3. The number of carbonyl (C=O) groups excluding carboxylic acids is 1. The first-order chi connectivity index (χ1) is 12.9. The van der Waals surface area contributed by atoms with Gasteiger partial charge in [-0.25, -0.2) is 8.42 Å². The topological polar surface area (TPSA) is 93.4 Å². The molecule has 0 unspecified atom stereocenters. The molecule has 0 N–H and O–H groups in total. The van der Waals surface area contributed by atoms with E-state index in [2.05, 4.69) is 10.2 Å². The molecule has 1 aliphatic carbocycles. The van der Waals surface area contributed by atoms with Gasteiger partial charge in [-0.3, -0.25) is 4.79 Å². The summed E-state index contributed by atoms with van der Waals surface area (Å²) in [7, 11) is -3.02. The Hall–Kier alpha value is -1.87. The minimum Gasteiger partial charge on any atom is -0.411 e. The van der Waals surface area contributed by atoms with Crippen LogP contribution in [0.2, 0.25) is 0 Å². The number of nitrogens with zero attached hydrogens (tertiary/aromatic N) is 3. The quantitative estimate of drug-likeness (QED) is 0.678. The molecular weight excluding hydrogens is 386 g/mol. The minimum atomic E-state index is -3.02. The number of aromatic nitrogens is 2. The molecule has 1 aromatic heterocycles. The monoisotopic (exact) mass is 407 g/mol. The number of benzene rings is 1. The summed E-state index contributed by atoms with van der Waals surface area (Å²) in [6, 6.07) is 7.76. The lowest BCUT2D eigenvalue weighted by Gasteiger charge is -2.28. The summed E-state index contributed by atoms with van der Waals surface area (Å²) in [4.78, 5) is 14.5. The molecular formula is C18H21N3O4S2. The molecule has 2 fully saturated rings. The average Bonchev–Trinajstić information content (AvgIpc) is 3.21. The van der Waals surface area contributed by atoms with Gasteiger partial charge in [0.1, 0.15) is 0 Å². The van der Waals surface area contributed by atoms with Crippen LogP contribution >= 0.6 is 11.8 Å². The van der Waals surface area contributed by atoms with Crippen molar-refractivity contribution in [2.24, 2.45) is 0 Å². The van der Waals surface area contributed by atoms with Gasteiger partial charge in [0.2, 0.25) is 11.8 Å². The molecule has 0 radical (unpaired) electrons. The predicted octanol–water partition coefficient (Wildman–Crippen LogP) is 2.32. The molecule has 7 nitrogen and oxygen atoms in total. The van der Waals surface area contributed by atoms with Crippen molar-refractivity contribution < 1.29 is 17.6 Å². The van der Waals surface area contributed by atoms with Crippen molar-refractivity contribution >= 4 is 27.5 Å². The van der Waals surface area contributed by atoms with Crippen LogP contribution in [0.1, 0.15) is 24.8 Å². The van der Waals surface area contributed by atoms with Gasteiger partial charge in [-0.15, -0.1) is 10.2 Å². The van der Waals surface area contributed by atoms with Crippen LogP contribution in [-0.4, -0.2) is 58.8 Å². The summed E-state index contributed by atoms with van der Waals surface area (Å²) in [6.45, 7) is 1.99. The van der Waals surface area contributed by atoms with Crippen molar-refractivity contribution in [2.75, 3.05) is 17.3 Å². The van der Waals surface area contributed by atoms with Crippen LogP contribution in [0.3, 0.4) is 0 Å². The van der Waals surface area contributed by atoms with Crippen molar-refractivity contribution in [3.05, 3.63) is 29.8 Å². The standard InChI is InChI=1S/C18H21N3O4S2/c1-12-3-2-4-13(9-12)17-19-20-18(25-17)26-10-16(22)21(14-5-6-14)15-7-8-27(23,24)11-15/h2-4,9,14-15H,5-8,10-11H2,1H3/t15-/m1/s1. The first-order valence-corrected chi connectivity index (χ1v) is 11.8. The SMILES string of the molecule is Cc1cccc(-c2nnc(SCC(=O)N(C3CC3)[C@@H]3CCS(=O)(=O)C3)o2)c1. The molecule has 0 bridgehead atoms. The zero-order chi connectivity index (χ0) is 19.0. The van der Waals surface area contributed by atoms with Crippen LogP contribution in [0, 0.1) is 6.92 Å². The summed E-state index contributed by atoms with van der Waals surface area (Å²) < 4.78 is 29.2. The van der Waals surface area contributed by atoms with E-state index < -0.39 is 9.84 Å². The molecule has 0 spiro atoms. The number of thioether (sulfide) groups is 1. The molecule has 4 rings (SSSR count). The second-order valence-electron chi connectivity index (χ2n) is 7.12. The maximum absolute atomic E-state index is 12.7. The fourth-order valence-corrected chi connectivity index (χ4v) is 5.76. The molecule has 1 atom stereocenters. The highest BCUT2D eigenvalue weighted by molar-refractivity contribution is 7.99. The zero-order valence-corrected chi connectivity index (χ0v) is 16.6. The Morgan fingerprint density at radius 3 is 2.74 bits per heavy atom. The summed E-state index contributed by atoms with van der Waals surface area (Å²) in [6.07, 6.45) is 2.43. The Bertz CT molecular complexity index is 953. The molecule has 1 saturated heterocycles. The van der Waals surface area contributed by atoms with E-state index in [4.69, 9.17) is 4.42 Å². The maximum atomic E-state index is 12.7. The lowest BCUT2D eigenvalue weighted by atomic mass is 10.1. The van der Waals surface area contributed by atoms with Gasteiger partial charge in [0.05, 0.1) is 17.3 Å². The molecule has 2 heterocycles. The molecule has 1 aromatic carbocycles. The fourth-order valence-electron chi connectivity index (χ4n) is 3.41. The van der Waals surface area contributed by atoms with Gasteiger partial charge in [-0.05, 0) is 38.3 Å². The van der Waals surface area contributed by atoms with Crippen molar-refractivity contribution in [3.8, 4) is 11.5 Å². The highest BCUT2D eigenvalue weighted by Gasteiger charge is 2.42. The smallest absolute Gasteiger partial charge is 0.277 e. The molecule has 27 heavy (non-hydrogen) atoms. The zero-order valence-electron chi connectivity index (χ0n) is 15.0. The third kappa shape index (κ3) is 4.35. The second-order valence-corrected chi connectivity index (χ2v) is 10.3. The number of hydrogen-bond donors (Lipinski definition) is 0. The molecule has 144 valence electrons. The van der Waals surface area contributed by atoms with Gasteiger partial charge in [0, 0.05) is 17.6 Å². The third-order valence-electron chi connectivity index (χ3n) is 4.82. The number of aryl methyl sites for hydroxylation is 1. The largest absolute Gasteiger partial charge is 0.411 e. The Balaban J connectivity index is 1.40. The van der Waals surface area contributed by atoms with Crippen molar-refractivity contribution in [1.29, 1.82) is 0 Å². The Morgan fingerprint density at radius 1 is 1.26 bits per heavy atom. The van der Waals surface area contributed by atoms with Gasteiger partial charge in [-0.1, -0.05) is 29.5 Å². The van der Waals surface area contributed by atoms with Crippen LogP contribution in [0.4, 0.5) is 0 Å². The van der Waals surface area contributed by atoms with E-state index in [1.54, 1.807) is 4.90 Å². The molecule has 2 aromatic rings. The number of hydrogen-bond acceptors (Lipinski definition) is 7. The van der Waals surface area contributed by atoms with Gasteiger partial charge < -0.3 is 9.32 Å². The molecule has 1 aliphatic heterocycles. The van der Waals surface area contributed by atoms with E-state index in [0.717, 1.165) is 24.0 Å². The molecule has 2 aliphatic rings. The van der Waals surface area contributed by atoms with E-state index >= 15 is 0 Å². The number of rotatable bonds is 6. The van der Waals surface area contributed by atoms with Crippen molar-refractivity contribution in [1.82, 2.24) is 15.1 Å². The predicted molar refractivity (Wildman–Crippen MR) is 102 cm³/mol. The highest BCUT2D eigenvalue weighted by atomic mass is 32.2. The summed E-state index contributed by atoms with van der Waals surface area (Å²) in [5.74, 6) is 0.792. The first kappa shape index (κ1) is 18.5. The van der Waals surface area contributed by atoms with Gasteiger partial charge in [-0.2, -0.15) is 0 Å². The fraction of sp³-hybridized carbons (Fsp3) is 0.500. The van der Waals surface area contributed by atoms with Crippen LogP contribution in [0.15, 0.2) is 33.9 Å².